The molecule has 0 saturated heterocycles. The van der Waals surface area contributed by atoms with Crippen molar-refractivity contribution in [2.75, 3.05) is 38.2 Å². The van der Waals surface area contributed by atoms with Gasteiger partial charge in [0.15, 0.2) is 5.13 Å². The van der Waals surface area contributed by atoms with E-state index in [-0.39, 0.29) is 29.6 Å². The van der Waals surface area contributed by atoms with Crippen molar-refractivity contribution in [3.63, 3.8) is 0 Å². The Morgan fingerprint density at radius 1 is 1.16 bits per heavy atom. The van der Waals surface area contributed by atoms with Crippen LogP contribution in [0, 0.1) is 10.1 Å². The van der Waals surface area contributed by atoms with Gasteiger partial charge in [0, 0.05) is 30.8 Å². The fraction of sp³-hybridized carbons (Fsp3) is 0.333. The number of nitro benzene ring substituents is 1. The Labute approximate surface area is 191 Å². The molecule has 3 rings (SSSR count). The minimum absolute atomic E-state index is 0. The van der Waals surface area contributed by atoms with Gasteiger partial charge in [-0.25, -0.2) is 4.98 Å². The van der Waals surface area contributed by atoms with Gasteiger partial charge in [0.05, 0.1) is 22.2 Å². The average Bonchev–Trinajstić information content (AvgIpc) is 3.19. The number of halogens is 1. The Morgan fingerprint density at radius 2 is 1.90 bits per heavy atom. The summed E-state index contributed by atoms with van der Waals surface area (Å²) in [5.41, 5.74) is 0.926. The number of aromatic nitrogens is 1. The van der Waals surface area contributed by atoms with Gasteiger partial charge in [0.1, 0.15) is 5.75 Å². The fourth-order valence-electron chi connectivity index (χ4n) is 3.11. The van der Waals surface area contributed by atoms with Crippen LogP contribution in [0.1, 0.15) is 24.2 Å². The summed E-state index contributed by atoms with van der Waals surface area (Å²) in [5.74, 6) is 0.411. The molecule has 0 aliphatic rings. The predicted molar refractivity (Wildman–Crippen MR) is 126 cm³/mol. The molecule has 3 aromatic rings. The summed E-state index contributed by atoms with van der Waals surface area (Å²) in [6.45, 7) is 6.98. The SMILES string of the molecule is CCN(CC)CCN(C(=O)c1cccc([N+](=O)[O-])c1)c1nc2ccc(OC)cc2s1.Cl. The van der Waals surface area contributed by atoms with E-state index in [0.29, 0.717) is 18.2 Å². The highest BCUT2D eigenvalue weighted by atomic mass is 35.5. The molecule has 0 spiro atoms. The van der Waals surface area contributed by atoms with Crippen molar-refractivity contribution in [1.82, 2.24) is 9.88 Å². The largest absolute Gasteiger partial charge is 0.497 e. The number of carbonyl (C=O) groups excluding carboxylic acids is 1. The van der Waals surface area contributed by atoms with E-state index < -0.39 is 4.92 Å². The molecule has 0 fully saturated rings. The smallest absolute Gasteiger partial charge is 0.270 e. The maximum Gasteiger partial charge on any atom is 0.270 e. The topological polar surface area (TPSA) is 88.8 Å². The number of hydrogen-bond acceptors (Lipinski definition) is 7. The lowest BCUT2D eigenvalue weighted by Crippen LogP contribution is -2.38. The van der Waals surface area contributed by atoms with Crippen molar-refractivity contribution in [3.05, 3.63) is 58.1 Å². The van der Waals surface area contributed by atoms with Gasteiger partial charge in [0.2, 0.25) is 0 Å². The fourth-order valence-corrected chi connectivity index (χ4v) is 4.13. The second kappa shape index (κ2) is 11.0. The molecule has 1 amide bonds. The number of likely N-dealkylation sites (N-methyl/N-ethyl adjacent to an activating group) is 1. The van der Waals surface area contributed by atoms with E-state index in [1.165, 1.54) is 29.5 Å². The van der Waals surface area contributed by atoms with Crippen LogP contribution in [0.15, 0.2) is 42.5 Å². The van der Waals surface area contributed by atoms with Gasteiger partial charge in [-0.15, -0.1) is 12.4 Å². The number of nitrogens with zero attached hydrogens (tertiary/aromatic N) is 4. The molecule has 0 aliphatic carbocycles. The Kier molecular flexibility index (Phi) is 8.73. The summed E-state index contributed by atoms with van der Waals surface area (Å²) in [6.07, 6.45) is 0. The summed E-state index contributed by atoms with van der Waals surface area (Å²) in [7, 11) is 1.60. The maximum atomic E-state index is 13.3. The number of hydrogen-bond donors (Lipinski definition) is 0. The summed E-state index contributed by atoms with van der Waals surface area (Å²) in [4.78, 5) is 32.4. The van der Waals surface area contributed by atoms with E-state index in [1.54, 1.807) is 18.1 Å². The number of methoxy groups -OCH3 is 1. The van der Waals surface area contributed by atoms with E-state index in [4.69, 9.17) is 4.74 Å². The number of nitro groups is 1. The van der Waals surface area contributed by atoms with Gasteiger partial charge >= 0.3 is 0 Å². The van der Waals surface area contributed by atoms with Crippen LogP contribution in [0.25, 0.3) is 10.2 Å². The number of rotatable bonds is 9. The molecule has 2 aromatic carbocycles. The minimum atomic E-state index is -0.499. The van der Waals surface area contributed by atoms with Crippen LogP contribution < -0.4 is 9.64 Å². The van der Waals surface area contributed by atoms with Crippen molar-refractivity contribution >= 4 is 50.7 Å². The molecule has 31 heavy (non-hydrogen) atoms. The van der Waals surface area contributed by atoms with Crippen molar-refractivity contribution in [3.8, 4) is 5.75 Å². The lowest BCUT2D eigenvalue weighted by Gasteiger charge is -2.24. The molecule has 0 saturated carbocycles. The highest BCUT2D eigenvalue weighted by Crippen LogP contribution is 2.32. The van der Waals surface area contributed by atoms with Crippen molar-refractivity contribution in [1.29, 1.82) is 0 Å². The monoisotopic (exact) mass is 464 g/mol. The zero-order valence-corrected chi connectivity index (χ0v) is 19.2. The van der Waals surface area contributed by atoms with Gasteiger partial charge < -0.3 is 9.64 Å². The van der Waals surface area contributed by atoms with E-state index >= 15 is 0 Å². The summed E-state index contributed by atoms with van der Waals surface area (Å²) in [6, 6.07) is 11.4. The van der Waals surface area contributed by atoms with E-state index in [9.17, 15) is 14.9 Å². The number of thiazole rings is 1. The Bertz CT molecular complexity index is 1050. The molecule has 0 N–H and O–H groups in total. The third-order valence-electron chi connectivity index (χ3n) is 4.90. The van der Waals surface area contributed by atoms with Gasteiger partial charge in [-0.3, -0.25) is 19.8 Å². The minimum Gasteiger partial charge on any atom is -0.497 e. The van der Waals surface area contributed by atoms with Crippen LogP contribution in [0.3, 0.4) is 0 Å². The molecule has 166 valence electrons. The molecule has 0 atom stereocenters. The quantitative estimate of drug-likeness (QED) is 0.339. The van der Waals surface area contributed by atoms with E-state index in [2.05, 4.69) is 23.7 Å². The first-order chi connectivity index (χ1) is 14.5. The highest BCUT2D eigenvalue weighted by molar-refractivity contribution is 7.22. The lowest BCUT2D eigenvalue weighted by molar-refractivity contribution is -0.384. The van der Waals surface area contributed by atoms with Crippen LogP contribution >= 0.6 is 23.7 Å². The van der Waals surface area contributed by atoms with Gasteiger partial charge in [0.25, 0.3) is 11.6 Å². The second-order valence-corrected chi connectivity index (χ2v) is 7.63. The number of amides is 1. The molecular weight excluding hydrogens is 440 g/mol. The molecule has 1 heterocycles. The highest BCUT2D eigenvalue weighted by Gasteiger charge is 2.23. The molecule has 0 unspecified atom stereocenters. The standard InChI is InChI=1S/C21H24N4O4S.ClH/c1-4-23(5-2)11-12-24(20(26)15-7-6-8-16(13-15)25(27)28)21-22-18-10-9-17(29-3)14-19(18)30-21;/h6-10,13-14H,4-5,11-12H2,1-3H3;1H. The normalized spacial score (nSPS) is 10.7. The van der Waals surface area contributed by atoms with Crippen LogP contribution in [0.4, 0.5) is 10.8 Å². The van der Waals surface area contributed by atoms with Gasteiger partial charge in [-0.1, -0.05) is 31.3 Å². The summed E-state index contributed by atoms with van der Waals surface area (Å²) in [5, 5.41) is 11.7. The number of carbonyl (C=O) groups is 1. The Morgan fingerprint density at radius 3 is 2.55 bits per heavy atom. The number of ether oxygens (including phenoxy) is 1. The third-order valence-corrected chi connectivity index (χ3v) is 5.94. The third kappa shape index (κ3) is 5.69. The molecule has 0 aliphatic heterocycles. The molecular formula is C21H25ClN4O4S. The van der Waals surface area contributed by atoms with Crippen molar-refractivity contribution in [2.45, 2.75) is 13.8 Å². The van der Waals surface area contributed by atoms with Crippen LogP contribution in [-0.4, -0.2) is 54.0 Å². The molecule has 1 aromatic heterocycles. The number of fused-ring (bicyclic) bond motifs is 1. The summed E-state index contributed by atoms with van der Waals surface area (Å²) >= 11 is 1.40. The van der Waals surface area contributed by atoms with E-state index in [1.807, 2.05) is 18.2 Å². The van der Waals surface area contributed by atoms with Gasteiger partial charge in [-0.2, -0.15) is 0 Å². The number of anilines is 1. The number of non-ortho nitro benzene ring substituents is 1. The zero-order valence-electron chi connectivity index (χ0n) is 17.6. The van der Waals surface area contributed by atoms with E-state index in [0.717, 1.165) is 29.1 Å². The molecule has 0 bridgehead atoms. The molecule has 8 nitrogen and oxygen atoms in total. The molecule has 10 heteroatoms. The second-order valence-electron chi connectivity index (χ2n) is 6.62. The zero-order chi connectivity index (χ0) is 21.7. The predicted octanol–water partition coefficient (Wildman–Crippen LogP) is 4.62. The Balaban J connectivity index is 0.00000341. The van der Waals surface area contributed by atoms with Crippen LogP contribution in [0.5, 0.6) is 5.75 Å². The first kappa shape index (κ1) is 24.5. The van der Waals surface area contributed by atoms with Crippen molar-refractivity contribution in [2.24, 2.45) is 0 Å². The Hall–Kier alpha value is -2.75. The van der Waals surface area contributed by atoms with Gasteiger partial charge in [-0.05, 0) is 37.4 Å². The van der Waals surface area contributed by atoms with Crippen LogP contribution in [0.2, 0.25) is 0 Å². The summed E-state index contributed by atoms with van der Waals surface area (Å²) < 4.78 is 6.19. The first-order valence-corrected chi connectivity index (χ1v) is 10.5. The molecule has 0 radical (unpaired) electrons. The lowest BCUT2D eigenvalue weighted by atomic mass is 10.2. The van der Waals surface area contributed by atoms with Crippen molar-refractivity contribution < 1.29 is 14.5 Å². The van der Waals surface area contributed by atoms with Crippen LogP contribution in [-0.2, 0) is 0 Å². The number of benzene rings is 2. The average molecular weight is 465 g/mol. The first-order valence-electron chi connectivity index (χ1n) is 9.70. The maximum absolute atomic E-state index is 13.3.